The molecule has 86 valence electrons. The van der Waals surface area contributed by atoms with Gasteiger partial charge in [-0.3, -0.25) is 0 Å². The molecule has 0 radical (unpaired) electrons. The predicted molar refractivity (Wildman–Crippen MR) is 59.9 cm³/mol. The fourth-order valence-electron chi connectivity index (χ4n) is 1.76. The third kappa shape index (κ3) is 1.91. The number of hydrogen-bond donors (Lipinski definition) is 0. The summed E-state index contributed by atoms with van der Waals surface area (Å²) >= 11 is 0. The van der Waals surface area contributed by atoms with Crippen molar-refractivity contribution in [3.8, 4) is 11.5 Å². The zero-order valence-electron chi connectivity index (χ0n) is 9.38. The molecule has 5 heteroatoms. The Morgan fingerprint density at radius 3 is 3.00 bits per heavy atom. The summed E-state index contributed by atoms with van der Waals surface area (Å²) in [5, 5.41) is 11.4. The highest BCUT2D eigenvalue weighted by atomic mass is 16.7. The minimum absolute atomic E-state index is 0.298. The maximum absolute atomic E-state index is 5.34. The molecule has 2 aromatic rings. The SMILES string of the molecule is Cc1cnnnc1Cc1ccc2c(c1)OCO2. The van der Waals surface area contributed by atoms with Crippen LogP contribution in [0.15, 0.2) is 24.4 Å². The van der Waals surface area contributed by atoms with E-state index in [1.165, 1.54) is 0 Å². The van der Waals surface area contributed by atoms with Crippen molar-refractivity contribution in [3.05, 3.63) is 41.2 Å². The summed E-state index contributed by atoms with van der Waals surface area (Å²) < 4.78 is 10.6. The van der Waals surface area contributed by atoms with E-state index in [4.69, 9.17) is 9.47 Å². The van der Waals surface area contributed by atoms with Crippen LogP contribution in [0, 0.1) is 6.92 Å². The first-order valence-electron chi connectivity index (χ1n) is 5.35. The van der Waals surface area contributed by atoms with Gasteiger partial charge in [0.2, 0.25) is 6.79 Å². The van der Waals surface area contributed by atoms with Crippen LogP contribution >= 0.6 is 0 Å². The lowest BCUT2D eigenvalue weighted by Crippen LogP contribution is -1.99. The molecule has 0 spiro atoms. The van der Waals surface area contributed by atoms with Gasteiger partial charge in [0, 0.05) is 6.42 Å². The standard InChI is InChI=1S/C12H11N3O2/c1-8-6-13-15-14-10(8)4-9-2-3-11-12(5-9)17-7-16-11/h2-3,5-6H,4,7H2,1H3. The molecule has 1 aliphatic heterocycles. The Hall–Kier alpha value is -2.17. The van der Waals surface area contributed by atoms with Crippen molar-refractivity contribution in [2.24, 2.45) is 0 Å². The Bertz CT molecular complexity index is 557. The van der Waals surface area contributed by atoms with Gasteiger partial charge in [-0.2, -0.15) is 0 Å². The summed E-state index contributed by atoms with van der Waals surface area (Å²) in [6, 6.07) is 5.90. The normalized spacial score (nSPS) is 12.8. The van der Waals surface area contributed by atoms with Crippen LogP contribution in [-0.4, -0.2) is 22.2 Å². The van der Waals surface area contributed by atoms with Crippen LogP contribution in [0.3, 0.4) is 0 Å². The molecule has 0 N–H and O–H groups in total. The second-order valence-electron chi connectivity index (χ2n) is 3.93. The fourth-order valence-corrected chi connectivity index (χ4v) is 1.76. The van der Waals surface area contributed by atoms with Crippen LogP contribution in [0.5, 0.6) is 11.5 Å². The molecule has 0 saturated carbocycles. The third-order valence-corrected chi connectivity index (χ3v) is 2.73. The van der Waals surface area contributed by atoms with Gasteiger partial charge in [0.05, 0.1) is 11.9 Å². The Balaban J connectivity index is 1.89. The van der Waals surface area contributed by atoms with E-state index in [1.807, 2.05) is 25.1 Å². The molecule has 0 saturated heterocycles. The van der Waals surface area contributed by atoms with Crippen LogP contribution in [0.25, 0.3) is 0 Å². The number of rotatable bonds is 2. The molecule has 1 aromatic carbocycles. The summed E-state index contributed by atoms with van der Waals surface area (Å²) in [5.41, 5.74) is 3.09. The summed E-state index contributed by atoms with van der Waals surface area (Å²) in [5.74, 6) is 1.59. The minimum atomic E-state index is 0.298. The van der Waals surface area contributed by atoms with Gasteiger partial charge in [-0.25, -0.2) is 0 Å². The van der Waals surface area contributed by atoms with Gasteiger partial charge in [-0.05, 0) is 35.4 Å². The molecule has 5 nitrogen and oxygen atoms in total. The summed E-state index contributed by atoms with van der Waals surface area (Å²) in [6.45, 7) is 2.27. The van der Waals surface area contributed by atoms with Gasteiger partial charge >= 0.3 is 0 Å². The highest BCUT2D eigenvalue weighted by Gasteiger charge is 2.13. The van der Waals surface area contributed by atoms with Crippen LogP contribution in [0.4, 0.5) is 0 Å². The molecule has 0 bridgehead atoms. The molecule has 0 fully saturated rings. The number of fused-ring (bicyclic) bond motifs is 1. The Labute approximate surface area is 98.4 Å². The van der Waals surface area contributed by atoms with Gasteiger partial charge in [0.25, 0.3) is 0 Å². The van der Waals surface area contributed by atoms with Gasteiger partial charge in [-0.1, -0.05) is 6.07 Å². The van der Waals surface area contributed by atoms with Crippen molar-refractivity contribution in [1.82, 2.24) is 15.4 Å². The average molecular weight is 229 g/mol. The van der Waals surface area contributed by atoms with Crippen LogP contribution in [0.1, 0.15) is 16.8 Å². The Kier molecular flexibility index (Phi) is 2.36. The fraction of sp³-hybridized carbons (Fsp3) is 0.250. The van der Waals surface area contributed by atoms with Gasteiger partial charge in [-0.15, -0.1) is 10.2 Å². The number of nitrogens with zero attached hydrogens (tertiary/aromatic N) is 3. The highest BCUT2D eigenvalue weighted by molar-refractivity contribution is 5.45. The van der Waals surface area contributed by atoms with E-state index in [0.717, 1.165) is 34.7 Å². The van der Waals surface area contributed by atoms with Crippen molar-refractivity contribution in [2.45, 2.75) is 13.3 Å². The van der Waals surface area contributed by atoms with Crippen molar-refractivity contribution < 1.29 is 9.47 Å². The summed E-state index contributed by atoms with van der Waals surface area (Å²) in [6.07, 6.45) is 2.44. The maximum atomic E-state index is 5.34. The van der Waals surface area contributed by atoms with Gasteiger partial charge in [0.1, 0.15) is 0 Å². The molecule has 2 heterocycles. The molecular formula is C12H11N3O2. The first-order valence-corrected chi connectivity index (χ1v) is 5.35. The van der Waals surface area contributed by atoms with E-state index in [2.05, 4.69) is 15.4 Å². The topological polar surface area (TPSA) is 57.1 Å². The van der Waals surface area contributed by atoms with E-state index >= 15 is 0 Å². The van der Waals surface area contributed by atoms with Crippen LogP contribution in [-0.2, 0) is 6.42 Å². The lowest BCUT2D eigenvalue weighted by atomic mass is 10.1. The average Bonchev–Trinajstić information content (AvgIpc) is 2.79. The van der Waals surface area contributed by atoms with E-state index < -0.39 is 0 Å². The van der Waals surface area contributed by atoms with Crippen molar-refractivity contribution in [2.75, 3.05) is 6.79 Å². The Morgan fingerprint density at radius 1 is 1.24 bits per heavy atom. The van der Waals surface area contributed by atoms with Crippen LogP contribution < -0.4 is 9.47 Å². The zero-order chi connectivity index (χ0) is 11.7. The quantitative estimate of drug-likeness (QED) is 0.781. The van der Waals surface area contributed by atoms with Crippen molar-refractivity contribution in [3.63, 3.8) is 0 Å². The van der Waals surface area contributed by atoms with Crippen LogP contribution in [0.2, 0.25) is 0 Å². The predicted octanol–water partition coefficient (Wildman–Crippen LogP) is 1.50. The van der Waals surface area contributed by atoms with Gasteiger partial charge in [0.15, 0.2) is 11.5 Å². The van der Waals surface area contributed by atoms with E-state index in [1.54, 1.807) is 6.20 Å². The van der Waals surface area contributed by atoms with E-state index in [-0.39, 0.29) is 0 Å². The molecule has 0 aliphatic carbocycles. The minimum Gasteiger partial charge on any atom is -0.454 e. The molecule has 1 aromatic heterocycles. The molecule has 3 rings (SSSR count). The number of benzene rings is 1. The van der Waals surface area contributed by atoms with E-state index in [0.29, 0.717) is 6.79 Å². The third-order valence-electron chi connectivity index (χ3n) is 2.73. The number of hydrogen-bond acceptors (Lipinski definition) is 5. The summed E-state index contributed by atoms with van der Waals surface area (Å²) in [7, 11) is 0. The molecule has 0 unspecified atom stereocenters. The first kappa shape index (κ1) is 10.0. The second kappa shape index (κ2) is 4.01. The second-order valence-corrected chi connectivity index (χ2v) is 3.93. The van der Waals surface area contributed by atoms with Crippen molar-refractivity contribution >= 4 is 0 Å². The molecule has 0 atom stereocenters. The molecule has 17 heavy (non-hydrogen) atoms. The lowest BCUT2D eigenvalue weighted by molar-refractivity contribution is 0.174. The summed E-state index contributed by atoms with van der Waals surface area (Å²) in [4.78, 5) is 0. The first-order chi connectivity index (χ1) is 8.33. The Morgan fingerprint density at radius 2 is 2.12 bits per heavy atom. The molecular weight excluding hydrogens is 218 g/mol. The van der Waals surface area contributed by atoms with Crippen molar-refractivity contribution in [1.29, 1.82) is 0 Å². The highest BCUT2D eigenvalue weighted by Crippen LogP contribution is 2.33. The monoisotopic (exact) mass is 229 g/mol. The lowest BCUT2D eigenvalue weighted by Gasteiger charge is -2.04. The van der Waals surface area contributed by atoms with E-state index in [9.17, 15) is 0 Å². The molecule has 1 aliphatic rings. The number of aryl methyl sites for hydroxylation is 1. The van der Waals surface area contributed by atoms with Gasteiger partial charge < -0.3 is 9.47 Å². The number of ether oxygens (including phenoxy) is 2. The zero-order valence-corrected chi connectivity index (χ0v) is 9.38. The smallest absolute Gasteiger partial charge is 0.231 e. The number of aromatic nitrogens is 3. The largest absolute Gasteiger partial charge is 0.454 e. The maximum Gasteiger partial charge on any atom is 0.231 e. The molecule has 0 amide bonds.